The van der Waals surface area contributed by atoms with E-state index in [0.29, 0.717) is 5.56 Å². The minimum atomic E-state index is -3.70. The van der Waals surface area contributed by atoms with Crippen LogP contribution in [-0.2, 0) is 10.0 Å². The number of nitrogens with one attached hydrogen (secondary N) is 1. The fraction of sp³-hybridized carbons (Fsp3) is 0.611. The van der Waals surface area contributed by atoms with Crippen LogP contribution in [0, 0.1) is 0 Å². The van der Waals surface area contributed by atoms with Crippen molar-refractivity contribution in [2.75, 3.05) is 21.2 Å². The first-order chi connectivity index (χ1) is 11.7. The molecular weight excluding hydrogens is 340 g/mol. The molecule has 1 rings (SSSR count). The molecule has 0 radical (unpaired) electrons. The van der Waals surface area contributed by atoms with E-state index in [4.69, 9.17) is 4.74 Å². The number of rotatable bonds is 10. The van der Waals surface area contributed by atoms with E-state index in [1.165, 1.54) is 46.2 Å². The molecule has 1 unspecified atom stereocenters. The smallest absolute Gasteiger partial charge is 0.251 e. The molecule has 0 fully saturated rings. The van der Waals surface area contributed by atoms with Gasteiger partial charge in [0.15, 0.2) is 0 Å². The largest absolute Gasteiger partial charge is 0.495 e. The van der Waals surface area contributed by atoms with Gasteiger partial charge in [-0.25, -0.2) is 12.7 Å². The number of unbranched alkanes of at least 4 members (excludes halogenated alkanes) is 3. The van der Waals surface area contributed by atoms with E-state index in [1.54, 1.807) is 6.07 Å². The molecule has 142 valence electrons. The highest BCUT2D eigenvalue weighted by Gasteiger charge is 2.24. The van der Waals surface area contributed by atoms with Gasteiger partial charge in [0.2, 0.25) is 10.0 Å². The first-order valence-corrected chi connectivity index (χ1v) is 10.1. The molecule has 1 aromatic carbocycles. The Labute approximate surface area is 151 Å². The van der Waals surface area contributed by atoms with Crippen LogP contribution in [-0.4, -0.2) is 45.9 Å². The van der Waals surface area contributed by atoms with E-state index in [9.17, 15) is 13.2 Å². The molecular formula is C18H30N2O4S. The van der Waals surface area contributed by atoms with Crippen molar-refractivity contribution < 1.29 is 17.9 Å². The molecule has 6 nitrogen and oxygen atoms in total. The van der Waals surface area contributed by atoms with Crippen LogP contribution >= 0.6 is 0 Å². The average molecular weight is 371 g/mol. The van der Waals surface area contributed by atoms with E-state index in [2.05, 4.69) is 12.2 Å². The van der Waals surface area contributed by atoms with Crippen molar-refractivity contribution in [2.45, 2.75) is 56.9 Å². The van der Waals surface area contributed by atoms with Gasteiger partial charge < -0.3 is 10.1 Å². The number of ether oxygens (including phenoxy) is 1. The Morgan fingerprint density at radius 2 is 1.92 bits per heavy atom. The second kappa shape index (κ2) is 9.77. The monoisotopic (exact) mass is 370 g/mol. The Hall–Kier alpha value is -1.60. The lowest BCUT2D eigenvalue weighted by atomic mass is 10.1. The third kappa shape index (κ3) is 6.01. The van der Waals surface area contributed by atoms with E-state index < -0.39 is 10.0 Å². The summed E-state index contributed by atoms with van der Waals surface area (Å²) in [6.07, 6.45) is 5.51. The van der Waals surface area contributed by atoms with Crippen molar-refractivity contribution in [1.29, 1.82) is 0 Å². The molecule has 0 saturated heterocycles. The number of nitrogens with zero attached hydrogens (tertiary/aromatic N) is 1. The normalized spacial score (nSPS) is 12.9. The number of benzene rings is 1. The van der Waals surface area contributed by atoms with Crippen molar-refractivity contribution in [2.24, 2.45) is 0 Å². The molecule has 0 aliphatic heterocycles. The Bertz CT molecular complexity index is 672. The Morgan fingerprint density at radius 3 is 2.48 bits per heavy atom. The fourth-order valence-electron chi connectivity index (χ4n) is 2.47. The van der Waals surface area contributed by atoms with Crippen molar-refractivity contribution in [3.8, 4) is 5.75 Å². The Kier molecular flexibility index (Phi) is 8.38. The number of carbonyl (C=O) groups excluding carboxylic acids is 1. The lowest BCUT2D eigenvalue weighted by Crippen LogP contribution is -2.32. The van der Waals surface area contributed by atoms with Crippen LogP contribution in [0.3, 0.4) is 0 Å². The highest BCUT2D eigenvalue weighted by Crippen LogP contribution is 2.27. The molecule has 0 aliphatic carbocycles. The van der Waals surface area contributed by atoms with Gasteiger partial charge in [-0.2, -0.15) is 0 Å². The molecule has 0 aromatic heterocycles. The zero-order chi connectivity index (χ0) is 19.0. The predicted molar refractivity (Wildman–Crippen MR) is 99.6 cm³/mol. The zero-order valence-corrected chi connectivity index (χ0v) is 16.6. The van der Waals surface area contributed by atoms with Crippen LogP contribution in [0.2, 0.25) is 0 Å². The first-order valence-electron chi connectivity index (χ1n) is 8.65. The SMILES string of the molecule is CCCCCCC(C)NC(=O)c1ccc(OC)c(S(=O)(=O)N(C)C)c1. The fourth-order valence-corrected chi connectivity index (χ4v) is 3.55. The second-order valence-electron chi connectivity index (χ2n) is 6.38. The summed E-state index contributed by atoms with van der Waals surface area (Å²) in [5.74, 6) is -0.0567. The summed E-state index contributed by atoms with van der Waals surface area (Å²) in [5.41, 5.74) is 0.307. The molecule has 25 heavy (non-hydrogen) atoms. The van der Waals surface area contributed by atoms with Crippen LogP contribution in [0.1, 0.15) is 56.3 Å². The minimum absolute atomic E-state index is 0.0109. The first kappa shape index (κ1) is 21.4. The van der Waals surface area contributed by atoms with Gasteiger partial charge >= 0.3 is 0 Å². The molecule has 7 heteroatoms. The van der Waals surface area contributed by atoms with Crippen LogP contribution in [0.25, 0.3) is 0 Å². The third-order valence-corrected chi connectivity index (χ3v) is 5.89. The topological polar surface area (TPSA) is 75.7 Å². The van der Waals surface area contributed by atoms with E-state index in [0.717, 1.165) is 23.6 Å². The number of methoxy groups -OCH3 is 1. The van der Waals surface area contributed by atoms with Gasteiger partial charge in [0.05, 0.1) is 7.11 Å². The van der Waals surface area contributed by atoms with Gasteiger partial charge in [-0.1, -0.05) is 32.6 Å². The quantitative estimate of drug-likeness (QED) is 0.642. The summed E-state index contributed by atoms with van der Waals surface area (Å²) < 4.78 is 31.1. The van der Waals surface area contributed by atoms with Crippen LogP contribution < -0.4 is 10.1 Å². The summed E-state index contributed by atoms with van der Waals surface area (Å²) in [5, 5.41) is 2.93. The van der Waals surface area contributed by atoms with Crippen LogP contribution in [0.4, 0.5) is 0 Å². The zero-order valence-electron chi connectivity index (χ0n) is 15.8. The molecule has 0 spiro atoms. The highest BCUT2D eigenvalue weighted by atomic mass is 32.2. The third-order valence-electron chi connectivity index (χ3n) is 4.05. The van der Waals surface area contributed by atoms with Crippen LogP contribution in [0.15, 0.2) is 23.1 Å². The minimum Gasteiger partial charge on any atom is -0.495 e. The van der Waals surface area contributed by atoms with Crippen molar-refractivity contribution >= 4 is 15.9 Å². The average Bonchev–Trinajstić information content (AvgIpc) is 2.57. The number of carbonyl (C=O) groups is 1. The molecule has 0 bridgehead atoms. The van der Waals surface area contributed by atoms with E-state index in [1.807, 2.05) is 6.92 Å². The van der Waals surface area contributed by atoms with Gasteiger partial charge in [0, 0.05) is 25.7 Å². The number of sulfonamides is 1. The summed E-state index contributed by atoms with van der Waals surface area (Å²) >= 11 is 0. The maximum absolute atomic E-state index is 12.4. The van der Waals surface area contributed by atoms with Crippen LogP contribution in [0.5, 0.6) is 5.75 Å². The summed E-state index contributed by atoms with van der Waals surface area (Å²) in [4.78, 5) is 12.4. The summed E-state index contributed by atoms with van der Waals surface area (Å²) in [6, 6.07) is 4.50. The van der Waals surface area contributed by atoms with Crippen molar-refractivity contribution in [1.82, 2.24) is 9.62 Å². The molecule has 0 heterocycles. The van der Waals surface area contributed by atoms with E-state index in [-0.39, 0.29) is 22.6 Å². The predicted octanol–water partition coefficient (Wildman–Crippen LogP) is 3.03. The molecule has 1 amide bonds. The lowest BCUT2D eigenvalue weighted by Gasteiger charge is -2.17. The van der Waals surface area contributed by atoms with Gasteiger partial charge in [-0.3, -0.25) is 4.79 Å². The second-order valence-corrected chi connectivity index (χ2v) is 8.50. The van der Waals surface area contributed by atoms with Gasteiger partial charge in [0.1, 0.15) is 10.6 Å². The Balaban J connectivity index is 2.90. The number of hydrogen-bond donors (Lipinski definition) is 1. The standard InChI is InChI=1S/C18H30N2O4S/c1-6-7-8-9-10-14(2)19-18(21)15-11-12-16(24-5)17(13-15)25(22,23)20(3)4/h11-14H,6-10H2,1-5H3,(H,19,21). The summed E-state index contributed by atoms with van der Waals surface area (Å²) in [6.45, 7) is 4.12. The van der Waals surface area contributed by atoms with Gasteiger partial charge in [0.25, 0.3) is 5.91 Å². The maximum Gasteiger partial charge on any atom is 0.251 e. The maximum atomic E-state index is 12.4. The number of hydrogen-bond acceptors (Lipinski definition) is 4. The van der Waals surface area contributed by atoms with Gasteiger partial charge in [-0.15, -0.1) is 0 Å². The molecule has 1 atom stereocenters. The molecule has 1 aromatic rings. The summed E-state index contributed by atoms with van der Waals surface area (Å²) in [7, 11) is 0.597. The number of amides is 1. The lowest BCUT2D eigenvalue weighted by molar-refractivity contribution is 0.0937. The van der Waals surface area contributed by atoms with Crippen molar-refractivity contribution in [3.63, 3.8) is 0 Å². The molecule has 0 saturated carbocycles. The van der Waals surface area contributed by atoms with Crippen molar-refractivity contribution in [3.05, 3.63) is 23.8 Å². The highest BCUT2D eigenvalue weighted by molar-refractivity contribution is 7.89. The van der Waals surface area contributed by atoms with E-state index >= 15 is 0 Å². The molecule has 1 N–H and O–H groups in total. The van der Waals surface area contributed by atoms with Gasteiger partial charge in [-0.05, 0) is 31.5 Å². The Morgan fingerprint density at radius 1 is 1.24 bits per heavy atom. The molecule has 0 aliphatic rings.